The third kappa shape index (κ3) is 4.25. The fourth-order valence-electron chi connectivity index (χ4n) is 1.68. The van der Waals surface area contributed by atoms with Crippen molar-refractivity contribution in [3.8, 4) is 0 Å². The van der Waals surface area contributed by atoms with Crippen LogP contribution in [-0.4, -0.2) is 6.04 Å². The number of hydrogen-bond acceptors (Lipinski definition) is 2. The molecule has 0 bridgehead atoms. The first-order chi connectivity index (χ1) is 7.15. The van der Waals surface area contributed by atoms with E-state index in [2.05, 4.69) is 52.8 Å². The molecule has 0 fully saturated rings. The average Bonchev–Trinajstić information content (AvgIpc) is 2.58. The van der Waals surface area contributed by atoms with Gasteiger partial charge in [0.05, 0.1) is 0 Å². The Kier molecular flexibility index (Phi) is 5.87. The number of nitrogens with one attached hydrogen (secondary N) is 1. The van der Waals surface area contributed by atoms with Crippen molar-refractivity contribution in [1.29, 1.82) is 0 Å². The van der Waals surface area contributed by atoms with Crippen molar-refractivity contribution in [2.75, 3.05) is 0 Å². The largest absolute Gasteiger partial charge is 0.308 e. The van der Waals surface area contributed by atoms with Crippen molar-refractivity contribution < 1.29 is 0 Å². The zero-order chi connectivity index (χ0) is 11.3. The zero-order valence-electron chi connectivity index (χ0n) is 9.72. The molecule has 1 rings (SSSR count). The first-order valence-electron chi connectivity index (χ1n) is 5.62. The van der Waals surface area contributed by atoms with Gasteiger partial charge >= 0.3 is 0 Å². The van der Waals surface area contributed by atoms with Gasteiger partial charge in [-0.2, -0.15) is 11.3 Å². The van der Waals surface area contributed by atoms with Gasteiger partial charge in [0.1, 0.15) is 0 Å². The van der Waals surface area contributed by atoms with E-state index in [9.17, 15) is 0 Å². The SMILES string of the molecule is CCCCC(NC(C)C)c1cscc1Br. The molecule has 0 amide bonds. The molecule has 0 aliphatic heterocycles. The molecule has 1 unspecified atom stereocenters. The van der Waals surface area contributed by atoms with Crippen LogP contribution < -0.4 is 5.32 Å². The second-order valence-corrected chi connectivity index (χ2v) is 5.79. The van der Waals surface area contributed by atoms with Crippen molar-refractivity contribution >= 4 is 27.3 Å². The fraction of sp³-hybridized carbons (Fsp3) is 0.667. The fourth-order valence-corrected chi connectivity index (χ4v) is 3.31. The maximum absolute atomic E-state index is 3.63. The summed E-state index contributed by atoms with van der Waals surface area (Å²) >= 11 is 5.39. The quantitative estimate of drug-likeness (QED) is 0.798. The number of thiophene rings is 1. The molecule has 1 nitrogen and oxygen atoms in total. The second-order valence-electron chi connectivity index (χ2n) is 4.19. The van der Waals surface area contributed by atoms with E-state index in [1.165, 1.54) is 29.3 Å². The van der Waals surface area contributed by atoms with Crippen LogP contribution in [0.5, 0.6) is 0 Å². The summed E-state index contributed by atoms with van der Waals surface area (Å²) in [6.45, 7) is 6.66. The van der Waals surface area contributed by atoms with Gasteiger partial charge in [-0.1, -0.05) is 33.6 Å². The van der Waals surface area contributed by atoms with Crippen LogP contribution >= 0.6 is 27.3 Å². The van der Waals surface area contributed by atoms with Crippen LogP contribution in [0.15, 0.2) is 15.2 Å². The maximum Gasteiger partial charge on any atom is 0.0341 e. The smallest absolute Gasteiger partial charge is 0.0341 e. The summed E-state index contributed by atoms with van der Waals surface area (Å²) < 4.78 is 1.25. The number of unbranched alkanes of at least 4 members (excludes halogenated alkanes) is 1. The van der Waals surface area contributed by atoms with Gasteiger partial charge in [0.25, 0.3) is 0 Å². The molecule has 0 aliphatic carbocycles. The van der Waals surface area contributed by atoms with Gasteiger partial charge in [-0.3, -0.25) is 0 Å². The predicted octanol–water partition coefficient (Wildman–Crippen LogP) is 4.74. The lowest BCUT2D eigenvalue weighted by Gasteiger charge is -2.21. The van der Waals surface area contributed by atoms with Crippen molar-refractivity contribution in [2.45, 2.75) is 52.1 Å². The molecule has 86 valence electrons. The Morgan fingerprint density at radius 2 is 2.13 bits per heavy atom. The van der Waals surface area contributed by atoms with Crippen LogP contribution in [0.4, 0.5) is 0 Å². The Morgan fingerprint density at radius 1 is 1.40 bits per heavy atom. The van der Waals surface area contributed by atoms with Crippen LogP contribution in [-0.2, 0) is 0 Å². The molecule has 1 atom stereocenters. The van der Waals surface area contributed by atoms with Crippen molar-refractivity contribution in [1.82, 2.24) is 5.32 Å². The minimum Gasteiger partial charge on any atom is -0.308 e. The minimum absolute atomic E-state index is 0.505. The van der Waals surface area contributed by atoms with Gasteiger partial charge in [-0.15, -0.1) is 0 Å². The van der Waals surface area contributed by atoms with Crippen molar-refractivity contribution in [3.63, 3.8) is 0 Å². The third-order valence-corrected chi connectivity index (χ3v) is 4.15. The Labute approximate surface area is 105 Å². The van der Waals surface area contributed by atoms with Gasteiger partial charge in [0.15, 0.2) is 0 Å². The summed E-state index contributed by atoms with van der Waals surface area (Å²) in [4.78, 5) is 0. The van der Waals surface area contributed by atoms with Gasteiger partial charge in [0.2, 0.25) is 0 Å². The molecule has 1 heterocycles. The monoisotopic (exact) mass is 289 g/mol. The lowest BCUT2D eigenvalue weighted by atomic mass is 10.0. The topological polar surface area (TPSA) is 12.0 Å². The third-order valence-electron chi connectivity index (χ3n) is 2.40. The molecule has 1 N–H and O–H groups in total. The lowest BCUT2D eigenvalue weighted by molar-refractivity contribution is 0.439. The van der Waals surface area contributed by atoms with Crippen LogP contribution in [0.25, 0.3) is 0 Å². The van der Waals surface area contributed by atoms with E-state index in [-0.39, 0.29) is 0 Å². The van der Waals surface area contributed by atoms with Gasteiger partial charge < -0.3 is 5.32 Å². The van der Waals surface area contributed by atoms with Crippen LogP contribution in [0.3, 0.4) is 0 Å². The summed E-state index contributed by atoms with van der Waals surface area (Å²) in [5, 5.41) is 8.05. The highest BCUT2D eigenvalue weighted by atomic mass is 79.9. The molecule has 0 radical (unpaired) electrons. The Bertz CT molecular complexity index is 283. The average molecular weight is 290 g/mol. The lowest BCUT2D eigenvalue weighted by Crippen LogP contribution is -2.28. The highest BCUT2D eigenvalue weighted by Gasteiger charge is 2.15. The number of halogens is 1. The van der Waals surface area contributed by atoms with Gasteiger partial charge in [-0.25, -0.2) is 0 Å². The molecule has 0 aromatic carbocycles. The molecule has 0 aliphatic rings. The van der Waals surface area contributed by atoms with Crippen LogP contribution in [0.1, 0.15) is 51.6 Å². The summed E-state index contributed by atoms with van der Waals surface area (Å²) in [6.07, 6.45) is 3.77. The van der Waals surface area contributed by atoms with Crippen molar-refractivity contribution in [2.24, 2.45) is 0 Å². The summed E-state index contributed by atoms with van der Waals surface area (Å²) in [5.74, 6) is 0. The van der Waals surface area contributed by atoms with Crippen LogP contribution in [0.2, 0.25) is 0 Å². The summed E-state index contributed by atoms with van der Waals surface area (Å²) in [7, 11) is 0. The van der Waals surface area contributed by atoms with Gasteiger partial charge in [-0.05, 0) is 33.3 Å². The highest BCUT2D eigenvalue weighted by molar-refractivity contribution is 9.10. The Morgan fingerprint density at radius 3 is 2.60 bits per heavy atom. The molecule has 1 aromatic heterocycles. The molecular weight excluding hydrogens is 270 g/mol. The van der Waals surface area contributed by atoms with Crippen LogP contribution in [0, 0.1) is 0 Å². The highest BCUT2D eigenvalue weighted by Crippen LogP contribution is 2.30. The van der Waals surface area contributed by atoms with E-state index in [4.69, 9.17) is 0 Å². The van der Waals surface area contributed by atoms with E-state index >= 15 is 0 Å². The van der Waals surface area contributed by atoms with Crippen molar-refractivity contribution in [3.05, 3.63) is 20.8 Å². The molecule has 1 aromatic rings. The Hall–Kier alpha value is 0.140. The number of rotatable bonds is 6. The number of hydrogen-bond donors (Lipinski definition) is 1. The normalized spacial score (nSPS) is 13.4. The van der Waals surface area contributed by atoms with E-state index in [0.29, 0.717) is 12.1 Å². The Balaban J connectivity index is 2.67. The summed E-state index contributed by atoms with van der Waals surface area (Å²) in [5.41, 5.74) is 1.42. The van der Waals surface area contributed by atoms with E-state index in [0.717, 1.165) is 0 Å². The first-order valence-corrected chi connectivity index (χ1v) is 7.36. The minimum atomic E-state index is 0.505. The first kappa shape index (κ1) is 13.2. The predicted molar refractivity (Wildman–Crippen MR) is 72.6 cm³/mol. The standard InChI is InChI=1S/C12H20BrNS/c1-4-5-6-12(14-9(2)3)10-7-15-8-11(10)13/h7-9,12,14H,4-6H2,1-3H3. The summed E-state index contributed by atoms with van der Waals surface area (Å²) in [6, 6.07) is 1.05. The van der Waals surface area contributed by atoms with E-state index in [1.54, 1.807) is 11.3 Å². The molecule has 3 heteroatoms. The zero-order valence-corrected chi connectivity index (χ0v) is 12.1. The van der Waals surface area contributed by atoms with E-state index in [1.807, 2.05) is 0 Å². The second kappa shape index (κ2) is 6.66. The van der Waals surface area contributed by atoms with Gasteiger partial charge in [0, 0.05) is 21.9 Å². The van der Waals surface area contributed by atoms with E-state index < -0.39 is 0 Å². The molecule has 15 heavy (non-hydrogen) atoms. The molecule has 0 saturated heterocycles. The maximum atomic E-state index is 3.63. The molecular formula is C12H20BrNS. The molecule has 0 spiro atoms. The molecule has 0 saturated carbocycles.